The minimum Gasteiger partial charge on any atom is -0.449 e. The zero-order chi connectivity index (χ0) is 14.0. The molecule has 1 unspecified atom stereocenters. The molecule has 0 spiro atoms. The molecule has 3 N–H and O–H groups in total. The van der Waals surface area contributed by atoms with E-state index in [9.17, 15) is 9.90 Å². The van der Waals surface area contributed by atoms with Crippen LogP contribution in [0, 0.1) is 0 Å². The Labute approximate surface area is 87.9 Å². The topological polar surface area (TPSA) is 72.6 Å². The van der Waals surface area contributed by atoms with Gasteiger partial charge in [-0.05, 0) is 5.56 Å². The molecule has 0 saturated carbocycles. The number of carbonyl (C=O) groups is 1. The number of primary amides is 1. The first-order chi connectivity index (χ1) is 8.14. The highest BCUT2D eigenvalue weighted by molar-refractivity contribution is 5.64. The predicted molar refractivity (Wildman–Crippen MR) is 51.8 cm³/mol. The lowest BCUT2D eigenvalue weighted by Gasteiger charge is -2.13. The summed E-state index contributed by atoms with van der Waals surface area (Å²) >= 11 is 0. The van der Waals surface area contributed by atoms with Crippen LogP contribution in [0.4, 0.5) is 4.79 Å². The van der Waals surface area contributed by atoms with E-state index in [0.29, 0.717) is 0 Å². The van der Waals surface area contributed by atoms with Crippen LogP contribution in [0.15, 0.2) is 30.3 Å². The summed E-state index contributed by atoms with van der Waals surface area (Å²) in [6.45, 7) is -5.69. The molecular formula is C10H13NO3. The first-order valence-corrected chi connectivity index (χ1v) is 3.90. The summed E-state index contributed by atoms with van der Waals surface area (Å²) in [7, 11) is 0. The van der Waals surface area contributed by atoms with Gasteiger partial charge < -0.3 is 15.6 Å². The van der Waals surface area contributed by atoms with Gasteiger partial charge in [-0.25, -0.2) is 4.79 Å². The number of hydrogen-bond acceptors (Lipinski definition) is 3. The maximum Gasteiger partial charge on any atom is 0.404 e. The van der Waals surface area contributed by atoms with Gasteiger partial charge in [-0.15, -0.1) is 0 Å². The number of nitrogens with two attached hydrogens (primary N) is 1. The molecule has 1 amide bonds. The molecule has 76 valence electrons. The molecule has 4 heteroatoms. The van der Waals surface area contributed by atoms with Crippen molar-refractivity contribution in [3.05, 3.63) is 35.9 Å². The van der Waals surface area contributed by atoms with E-state index in [1.165, 1.54) is 12.1 Å². The fraction of sp³-hybridized carbons (Fsp3) is 0.300. The summed E-state index contributed by atoms with van der Waals surface area (Å²) in [6.07, 6.45) is -1.38. The minimum absolute atomic E-state index is 0.149. The van der Waals surface area contributed by atoms with Crippen LogP contribution in [0.5, 0.6) is 0 Å². The molecule has 0 heterocycles. The van der Waals surface area contributed by atoms with Crippen LogP contribution in [0.25, 0.3) is 0 Å². The van der Waals surface area contributed by atoms with E-state index in [-0.39, 0.29) is 5.56 Å². The monoisotopic (exact) mass is 199 g/mol. The molecule has 1 aromatic carbocycles. The second kappa shape index (κ2) is 5.24. The van der Waals surface area contributed by atoms with Crippen molar-refractivity contribution in [3.8, 4) is 0 Å². The van der Waals surface area contributed by atoms with Crippen LogP contribution in [-0.2, 0) is 4.74 Å². The van der Waals surface area contributed by atoms with E-state index >= 15 is 0 Å². The summed E-state index contributed by atoms with van der Waals surface area (Å²) in [6, 6.07) is 7.59. The van der Waals surface area contributed by atoms with Crippen LogP contribution in [0.1, 0.15) is 17.0 Å². The zero-order valence-corrected chi connectivity index (χ0v) is 7.31. The Balaban J connectivity index is 3.19. The van der Waals surface area contributed by atoms with Gasteiger partial charge in [0.05, 0.1) is 12.0 Å². The molecule has 0 bridgehead atoms. The van der Waals surface area contributed by atoms with Crippen molar-refractivity contribution in [3.63, 3.8) is 0 Å². The molecule has 14 heavy (non-hydrogen) atoms. The third kappa shape index (κ3) is 3.06. The summed E-state index contributed by atoms with van der Waals surface area (Å²) in [5, 5.41) is 9.44. The van der Waals surface area contributed by atoms with E-state index in [0.717, 1.165) is 0 Å². The van der Waals surface area contributed by atoms with Gasteiger partial charge >= 0.3 is 6.09 Å². The van der Waals surface area contributed by atoms with Crippen LogP contribution in [0.2, 0.25) is 0 Å². The second-order valence-electron chi connectivity index (χ2n) is 2.51. The SMILES string of the molecule is [2H]C([2H])(O)C(c1ccccc1)C([2H])([2H])OC(N)=O. The van der Waals surface area contributed by atoms with E-state index in [4.69, 9.17) is 11.2 Å². The van der Waals surface area contributed by atoms with Crippen molar-refractivity contribution < 1.29 is 20.1 Å². The lowest BCUT2D eigenvalue weighted by atomic mass is 10.0. The third-order valence-electron chi connectivity index (χ3n) is 1.54. The van der Waals surface area contributed by atoms with Gasteiger partial charge in [-0.2, -0.15) is 0 Å². The molecule has 0 radical (unpaired) electrons. The fourth-order valence-electron chi connectivity index (χ4n) is 0.931. The largest absolute Gasteiger partial charge is 0.449 e. The molecule has 4 nitrogen and oxygen atoms in total. The molecule has 1 aromatic rings. The van der Waals surface area contributed by atoms with Gasteiger partial charge in [-0.3, -0.25) is 0 Å². The van der Waals surface area contributed by atoms with E-state index in [2.05, 4.69) is 4.74 Å². The lowest BCUT2D eigenvalue weighted by molar-refractivity contribution is 0.133. The van der Waals surface area contributed by atoms with Gasteiger partial charge in [0.25, 0.3) is 0 Å². The minimum atomic E-state index is -2.92. The molecule has 0 saturated heterocycles. The van der Waals surface area contributed by atoms with Crippen molar-refractivity contribution in [2.45, 2.75) is 5.92 Å². The highest BCUT2D eigenvalue weighted by Gasteiger charge is 2.11. The van der Waals surface area contributed by atoms with Crippen molar-refractivity contribution in [1.82, 2.24) is 0 Å². The Morgan fingerprint density at radius 1 is 1.57 bits per heavy atom. The Bertz CT molecular complexity index is 419. The maximum atomic E-state index is 10.6. The van der Waals surface area contributed by atoms with Crippen LogP contribution >= 0.6 is 0 Å². The average Bonchev–Trinajstić information content (AvgIpc) is 2.13. The predicted octanol–water partition coefficient (Wildman–Crippen LogP) is 0.858. The van der Waals surface area contributed by atoms with Crippen molar-refractivity contribution in [1.29, 1.82) is 0 Å². The Kier molecular flexibility index (Phi) is 2.26. The third-order valence-corrected chi connectivity index (χ3v) is 1.54. The highest BCUT2D eigenvalue weighted by atomic mass is 16.5. The molecule has 1 rings (SSSR count). The Morgan fingerprint density at radius 3 is 2.71 bits per heavy atom. The van der Waals surface area contributed by atoms with E-state index < -0.39 is 25.1 Å². The van der Waals surface area contributed by atoms with Gasteiger partial charge in [0, 0.05) is 5.92 Å². The molecule has 0 aliphatic rings. The normalized spacial score (nSPS) is 18.4. The molecule has 0 aromatic heterocycles. The summed E-state index contributed by atoms with van der Waals surface area (Å²) in [4.78, 5) is 10.6. The lowest BCUT2D eigenvalue weighted by Crippen LogP contribution is -2.19. The number of rotatable bonds is 4. The van der Waals surface area contributed by atoms with Gasteiger partial charge in [0.1, 0.15) is 6.56 Å². The standard InChI is InChI=1S/C10H13NO3/c11-10(13)14-7-9(6-12)8-4-2-1-3-5-8/h1-5,9,12H,6-7H2,(H2,11,13)/i6D2,7D2. The Morgan fingerprint density at radius 2 is 2.21 bits per heavy atom. The number of aliphatic hydroxyl groups is 1. The fourth-order valence-corrected chi connectivity index (χ4v) is 0.931. The smallest absolute Gasteiger partial charge is 0.404 e. The van der Waals surface area contributed by atoms with E-state index in [1.807, 2.05) is 0 Å². The first kappa shape index (κ1) is 6.03. The van der Waals surface area contributed by atoms with Gasteiger partial charge in [-0.1, -0.05) is 30.3 Å². The number of amides is 1. The van der Waals surface area contributed by atoms with Gasteiger partial charge in [0.2, 0.25) is 0 Å². The van der Waals surface area contributed by atoms with Crippen LogP contribution in [-0.4, -0.2) is 24.3 Å². The molecule has 0 fully saturated rings. The van der Waals surface area contributed by atoms with Crippen molar-refractivity contribution >= 4 is 6.09 Å². The van der Waals surface area contributed by atoms with Gasteiger partial charge in [0.15, 0.2) is 0 Å². The average molecular weight is 199 g/mol. The quantitative estimate of drug-likeness (QED) is 0.755. The zero-order valence-electron chi connectivity index (χ0n) is 11.3. The number of benzene rings is 1. The first-order valence-electron chi connectivity index (χ1n) is 5.90. The molecule has 0 aliphatic heterocycles. The summed E-state index contributed by atoms with van der Waals surface area (Å²) in [5.74, 6) is -1.71. The maximum absolute atomic E-state index is 10.6. The molecule has 0 aliphatic carbocycles. The van der Waals surface area contributed by atoms with Crippen molar-refractivity contribution in [2.75, 3.05) is 13.1 Å². The van der Waals surface area contributed by atoms with Crippen molar-refractivity contribution in [2.24, 2.45) is 5.73 Å². The Hall–Kier alpha value is -1.55. The molecule has 1 atom stereocenters. The number of ether oxygens (including phenoxy) is 1. The van der Waals surface area contributed by atoms with E-state index in [1.54, 1.807) is 18.2 Å². The van der Waals surface area contributed by atoms with Crippen LogP contribution < -0.4 is 5.73 Å². The number of carbonyl (C=O) groups excluding carboxylic acids is 1. The number of hydrogen-bond donors (Lipinski definition) is 2. The summed E-state index contributed by atoms with van der Waals surface area (Å²) < 4.78 is 33.9. The highest BCUT2D eigenvalue weighted by Crippen LogP contribution is 2.14. The molecular weight excluding hydrogens is 182 g/mol. The van der Waals surface area contributed by atoms with Crippen LogP contribution in [0.3, 0.4) is 0 Å². The summed E-state index contributed by atoms with van der Waals surface area (Å²) in [5.41, 5.74) is 4.88. The second-order valence-corrected chi connectivity index (χ2v) is 2.51.